The van der Waals surface area contributed by atoms with Gasteiger partial charge in [-0.05, 0) is 30.7 Å². The Balaban J connectivity index is 1.20. The van der Waals surface area contributed by atoms with Crippen molar-refractivity contribution in [3.8, 4) is 0 Å². The van der Waals surface area contributed by atoms with Crippen LogP contribution in [-0.4, -0.2) is 57.9 Å². The molecule has 0 fully saturated rings. The van der Waals surface area contributed by atoms with Crippen molar-refractivity contribution in [3.05, 3.63) is 77.3 Å². The molecule has 4 heterocycles. The predicted octanol–water partition coefficient (Wildman–Crippen LogP) is 2.53. The minimum absolute atomic E-state index is 0.0144. The number of pyridine rings is 2. The first-order chi connectivity index (χ1) is 19.0. The minimum Gasteiger partial charge on any atom is -0.345 e. The SMILES string of the molecule is Cc1ccc(CC(=O)Nc2cn(CC(F)CCn3cc(C(=O)NCc4cc(C(F)(F)F)ccn4)nn3)nn2)cn1. The summed E-state index contributed by atoms with van der Waals surface area (Å²) in [7, 11) is 0. The Hall–Kier alpha value is -4.76. The van der Waals surface area contributed by atoms with E-state index in [4.69, 9.17) is 0 Å². The van der Waals surface area contributed by atoms with Gasteiger partial charge < -0.3 is 10.6 Å². The normalized spacial score (nSPS) is 12.2. The molecule has 0 aliphatic rings. The van der Waals surface area contributed by atoms with Gasteiger partial charge in [0.25, 0.3) is 5.91 Å². The number of alkyl halides is 4. The Labute approximate surface area is 224 Å². The van der Waals surface area contributed by atoms with Gasteiger partial charge in [0.15, 0.2) is 11.5 Å². The van der Waals surface area contributed by atoms with Crippen molar-refractivity contribution >= 4 is 17.6 Å². The van der Waals surface area contributed by atoms with Crippen LogP contribution in [0.25, 0.3) is 0 Å². The maximum atomic E-state index is 14.5. The van der Waals surface area contributed by atoms with E-state index in [-0.39, 0.29) is 55.6 Å². The maximum Gasteiger partial charge on any atom is 0.416 e. The Morgan fingerprint density at radius 3 is 2.60 bits per heavy atom. The lowest BCUT2D eigenvalue weighted by Gasteiger charge is -2.08. The Kier molecular flexibility index (Phi) is 8.76. The summed E-state index contributed by atoms with van der Waals surface area (Å²) < 4.78 is 55.5. The molecule has 0 aromatic carbocycles. The summed E-state index contributed by atoms with van der Waals surface area (Å²) in [6.45, 7) is 1.57. The summed E-state index contributed by atoms with van der Waals surface area (Å²) >= 11 is 0. The van der Waals surface area contributed by atoms with E-state index in [0.29, 0.717) is 0 Å². The molecule has 1 atom stereocenters. The molecule has 0 aliphatic carbocycles. The van der Waals surface area contributed by atoms with Crippen LogP contribution in [0.2, 0.25) is 0 Å². The van der Waals surface area contributed by atoms with E-state index in [2.05, 4.69) is 41.2 Å². The van der Waals surface area contributed by atoms with Crippen LogP contribution in [0.15, 0.2) is 49.1 Å². The van der Waals surface area contributed by atoms with Gasteiger partial charge in [0.05, 0.1) is 43.2 Å². The van der Waals surface area contributed by atoms with Gasteiger partial charge >= 0.3 is 6.18 Å². The fraction of sp³-hybridized carbons (Fsp3) is 0.333. The van der Waals surface area contributed by atoms with Gasteiger partial charge in [0.1, 0.15) is 6.17 Å². The molecule has 210 valence electrons. The molecule has 4 rings (SSSR count). The third-order valence-electron chi connectivity index (χ3n) is 5.55. The largest absolute Gasteiger partial charge is 0.416 e. The number of aromatic nitrogens is 8. The molecule has 4 aromatic heterocycles. The molecule has 2 N–H and O–H groups in total. The summed E-state index contributed by atoms with van der Waals surface area (Å²) in [5.41, 5.74) is 0.644. The number of nitrogens with zero attached hydrogens (tertiary/aromatic N) is 8. The zero-order valence-corrected chi connectivity index (χ0v) is 21.1. The van der Waals surface area contributed by atoms with E-state index in [1.54, 1.807) is 18.3 Å². The van der Waals surface area contributed by atoms with Gasteiger partial charge in [0, 0.05) is 31.1 Å². The molecule has 0 radical (unpaired) electrons. The highest BCUT2D eigenvalue weighted by Crippen LogP contribution is 2.28. The zero-order chi connectivity index (χ0) is 28.7. The van der Waals surface area contributed by atoms with Crippen LogP contribution >= 0.6 is 0 Å². The first-order valence-electron chi connectivity index (χ1n) is 12.0. The quantitative estimate of drug-likeness (QED) is 0.266. The Bertz CT molecular complexity index is 1450. The summed E-state index contributed by atoms with van der Waals surface area (Å²) in [6.07, 6.45) is -0.422. The minimum atomic E-state index is -4.52. The fourth-order valence-corrected chi connectivity index (χ4v) is 3.51. The molecule has 0 saturated heterocycles. The summed E-state index contributed by atoms with van der Waals surface area (Å²) in [5.74, 6) is -0.797. The van der Waals surface area contributed by atoms with Crippen molar-refractivity contribution in [2.45, 2.75) is 51.7 Å². The third kappa shape index (κ3) is 8.12. The van der Waals surface area contributed by atoms with Crippen LogP contribution in [0.1, 0.15) is 39.4 Å². The molecule has 0 saturated carbocycles. The van der Waals surface area contributed by atoms with E-state index in [0.717, 1.165) is 29.6 Å². The van der Waals surface area contributed by atoms with E-state index in [1.165, 1.54) is 21.8 Å². The van der Waals surface area contributed by atoms with E-state index < -0.39 is 23.8 Å². The number of rotatable bonds is 11. The Morgan fingerprint density at radius 1 is 1.05 bits per heavy atom. The van der Waals surface area contributed by atoms with Crippen molar-refractivity contribution in [1.29, 1.82) is 0 Å². The average molecular weight is 561 g/mol. The van der Waals surface area contributed by atoms with Crippen molar-refractivity contribution in [2.24, 2.45) is 0 Å². The number of anilines is 1. The van der Waals surface area contributed by atoms with Crippen LogP contribution in [0.4, 0.5) is 23.4 Å². The van der Waals surface area contributed by atoms with Gasteiger partial charge in [-0.2, -0.15) is 13.2 Å². The van der Waals surface area contributed by atoms with Crippen LogP contribution in [-0.2, 0) is 37.0 Å². The molecule has 16 heteroatoms. The number of amides is 2. The maximum absolute atomic E-state index is 14.5. The lowest BCUT2D eigenvalue weighted by atomic mass is 10.2. The lowest BCUT2D eigenvalue weighted by Crippen LogP contribution is -2.24. The molecular weight excluding hydrogens is 536 g/mol. The summed E-state index contributed by atoms with van der Waals surface area (Å²) in [6, 6.07) is 5.28. The van der Waals surface area contributed by atoms with Crippen molar-refractivity contribution < 1.29 is 27.2 Å². The molecule has 12 nitrogen and oxygen atoms in total. The second-order valence-corrected chi connectivity index (χ2v) is 8.83. The highest BCUT2D eigenvalue weighted by molar-refractivity contribution is 5.92. The zero-order valence-electron chi connectivity index (χ0n) is 21.1. The summed E-state index contributed by atoms with van der Waals surface area (Å²) in [5, 5.41) is 20.2. The van der Waals surface area contributed by atoms with E-state index in [1.807, 2.05) is 6.92 Å². The van der Waals surface area contributed by atoms with Gasteiger partial charge in [-0.1, -0.05) is 16.5 Å². The smallest absolute Gasteiger partial charge is 0.345 e. The molecular formula is C24H24F4N10O2. The average Bonchev–Trinajstić information content (AvgIpc) is 3.57. The van der Waals surface area contributed by atoms with E-state index >= 15 is 0 Å². The highest BCUT2D eigenvalue weighted by atomic mass is 19.4. The number of aryl methyl sites for hydroxylation is 2. The van der Waals surface area contributed by atoms with Crippen LogP contribution in [0.3, 0.4) is 0 Å². The second kappa shape index (κ2) is 12.4. The van der Waals surface area contributed by atoms with Crippen molar-refractivity contribution in [3.63, 3.8) is 0 Å². The van der Waals surface area contributed by atoms with E-state index in [9.17, 15) is 27.2 Å². The molecule has 0 spiro atoms. The molecule has 1 unspecified atom stereocenters. The third-order valence-corrected chi connectivity index (χ3v) is 5.55. The molecule has 40 heavy (non-hydrogen) atoms. The van der Waals surface area contributed by atoms with Gasteiger partial charge in [-0.15, -0.1) is 10.2 Å². The number of carbonyl (C=O) groups excluding carboxylic acids is 2. The van der Waals surface area contributed by atoms with Gasteiger partial charge in [-0.3, -0.25) is 24.2 Å². The number of hydrogen-bond donors (Lipinski definition) is 2. The first kappa shape index (κ1) is 28.3. The number of nitrogens with one attached hydrogen (secondary N) is 2. The molecule has 4 aromatic rings. The monoisotopic (exact) mass is 560 g/mol. The number of carbonyl (C=O) groups is 2. The lowest BCUT2D eigenvalue weighted by molar-refractivity contribution is -0.137. The highest BCUT2D eigenvalue weighted by Gasteiger charge is 2.30. The van der Waals surface area contributed by atoms with Crippen molar-refractivity contribution in [2.75, 3.05) is 5.32 Å². The number of halogens is 4. The Morgan fingerprint density at radius 2 is 1.85 bits per heavy atom. The summed E-state index contributed by atoms with van der Waals surface area (Å²) in [4.78, 5) is 32.4. The second-order valence-electron chi connectivity index (χ2n) is 8.83. The molecule has 2 amide bonds. The van der Waals surface area contributed by atoms with Crippen LogP contribution in [0.5, 0.6) is 0 Å². The number of hydrogen-bond acceptors (Lipinski definition) is 8. The standard InChI is InChI=1S/C24H24F4N10O2/c1-15-2-3-16(10-30-15)8-22(39)32-21-14-38(36-34-21)12-18(25)5-7-37-13-20(33-35-37)23(40)31-11-19-9-17(4-6-29-19)24(26,27)28/h2-4,6,9-10,13-14,18H,5,7-8,11-12H2,1H3,(H,31,40)(H,32,39). The van der Waals surface area contributed by atoms with Crippen LogP contribution in [0, 0.1) is 6.92 Å². The van der Waals surface area contributed by atoms with Crippen LogP contribution < -0.4 is 10.6 Å². The van der Waals surface area contributed by atoms with Crippen molar-refractivity contribution in [1.82, 2.24) is 45.3 Å². The van der Waals surface area contributed by atoms with Gasteiger partial charge in [-0.25, -0.2) is 9.07 Å². The fourth-order valence-electron chi connectivity index (χ4n) is 3.51. The first-order valence-corrected chi connectivity index (χ1v) is 12.0. The predicted molar refractivity (Wildman–Crippen MR) is 131 cm³/mol. The molecule has 0 aliphatic heterocycles. The topological polar surface area (TPSA) is 145 Å². The van der Waals surface area contributed by atoms with Gasteiger partial charge in [0.2, 0.25) is 5.91 Å². The molecule has 0 bridgehead atoms.